The normalized spacial score (nSPS) is 11.0. The first kappa shape index (κ1) is 12.0. The molecule has 0 aliphatic heterocycles. The number of furan rings is 1. The molecule has 0 unspecified atom stereocenters. The van der Waals surface area contributed by atoms with E-state index in [1.807, 2.05) is 18.2 Å². The fraction of sp³-hybridized carbons (Fsp3) is 0. The molecule has 2 heterocycles. The molecule has 18 heavy (non-hydrogen) atoms. The van der Waals surface area contributed by atoms with Gasteiger partial charge in [-0.3, -0.25) is 4.79 Å². The van der Waals surface area contributed by atoms with Gasteiger partial charge in [0.25, 0.3) is 0 Å². The second kappa shape index (κ2) is 4.53. The van der Waals surface area contributed by atoms with Gasteiger partial charge in [-0.1, -0.05) is 23.7 Å². The van der Waals surface area contributed by atoms with Gasteiger partial charge in [0.2, 0.25) is 5.78 Å². The number of carbonyl (C=O) groups excluding carboxylic acids is 1. The first-order valence-electron chi connectivity index (χ1n) is 5.13. The highest BCUT2D eigenvalue weighted by molar-refractivity contribution is 9.10. The van der Waals surface area contributed by atoms with E-state index in [9.17, 15) is 4.79 Å². The number of ketones is 1. The van der Waals surface area contributed by atoms with Gasteiger partial charge in [0.05, 0.1) is 13.7 Å². The molecule has 0 aliphatic carbocycles. The zero-order valence-electron chi connectivity index (χ0n) is 8.94. The van der Waals surface area contributed by atoms with Crippen molar-refractivity contribution in [2.24, 2.45) is 0 Å². The molecule has 3 aromatic rings. The Kier molecular flexibility index (Phi) is 3.01. The lowest BCUT2D eigenvalue weighted by Crippen LogP contribution is -1.95. The minimum atomic E-state index is -0.144. The Balaban J connectivity index is 2.10. The zero-order valence-corrected chi connectivity index (χ0v) is 12.1. The maximum atomic E-state index is 12.2. The molecule has 0 amide bonds. The highest BCUT2D eigenvalue weighted by atomic mass is 79.9. The van der Waals surface area contributed by atoms with Gasteiger partial charge in [-0.15, -0.1) is 11.3 Å². The lowest BCUT2D eigenvalue weighted by atomic mass is 10.2. The molecule has 0 atom stereocenters. The standard InChI is InChI=1S/C13H6BrClO2S/c14-8-3-1-2-7-6-9(17-13(7)8)12(16)10-4-5-11(15)18-10/h1-6H. The van der Waals surface area contributed by atoms with E-state index in [1.54, 1.807) is 18.2 Å². The molecule has 90 valence electrons. The van der Waals surface area contributed by atoms with Crippen LogP contribution in [0.25, 0.3) is 11.0 Å². The van der Waals surface area contributed by atoms with Crippen molar-refractivity contribution >= 4 is 55.6 Å². The largest absolute Gasteiger partial charge is 0.451 e. The Morgan fingerprint density at radius 3 is 2.78 bits per heavy atom. The van der Waals surface area contributed by atoms with Crippen LogP contribution >= 0.6 is 38.9 Å². The van der Waals surface area contributed by atoms with Crippen LogP contribution in [0.5, 0.6) is 0 Å². The Morgan fingerprint density at radius 1 is 1.28 bits per heavy atom. The summed E-state index contributed by atoms with van der Waals surface area (Å²) in [6.07, 6.45) is 0. The van der Waals surface area contributed by atoms with Crippen LogP contribution in [-0.2, 0) is 0 Å². The van der Waals surface area contributed by atoms with Crippen LogP contribution in [0, 0.1) is 0 Å². The molecule has 0 aliphatic rings. The van der Waals surface area contributed by atoms with Crippen LogP contribution in [-0.4, -0.2) is 5.78 Å². The summed E-state index contributed by atoms with van der Waals surface area (Å²) in [6.45, 7) is 0. The van der Waals surface area contributed by atoms with E-state index in [2.05, 4.69) is 15.9 Å². The van der Waals surface area contributed by atoms with Gasteiger partial charge in [0.15, 0.2) is 5.76 Å². The third-order valence-corrected chi connectivity index (χ3v) is 4.37. The number of hydrogen-bond donors (Lipinski definition) is 0. The van der Waals surface area contributed by atoms with Crippen LogP contribution in [0.2, 0.25) is 4.34 Å². The van der Waals surface area contributed by atoms with Crippen molar-refractivity contribution in [3.8, 4) is 0 Å². The maximum Gasteiger partial charge on any atom is 0.238 e. The van der Waals surface area contributed by atoms with Crippen LogP contribution in [0.4, 0.5) is 0 Å². The van der Waals surface area contributed by atoms with E-state index >= 15 is 0 Å². The second-order valence-corrected chi connectivity index (χ2v) is 6.27. The van der Waals surface area contributed by atoms with Crippen molar-refractivity contribution in [3.63, 3.8) is 0 Å². The Morgan fingerprint density at radius 2 is 2.11 bits per heavy atom. The molecule has 0 spiro atoms. The van der Waals surface area contributed by atoms with Gasteiger partial charge in [-0.2, -0.15) is 0 Å². The molecule has 0 N–H and O–H groups in total. The minimum absolute atomic E-state index is 0.144. The molecular weight excluding hydrogens is 336 g/mol. The quantitative estimate of drug-likeness (QED) is 0.604. The molecule has 2 nitrogen and oxygen atoms in total. The minimum Gasteiger partial charge on any atom is -0.451 e. The van der Waals surface area contributed by atoms with E-state index in [-0.39, 0.29) is 5.78 Å². The monoisotopic (exact) mass is 340 g/mol. The van der Waals surface area contributed by atoms with Crippen molar-refractivity contribution in [1.29, 1.82) is 0 Å². The van der Waals surface area contributed by atoms with E-state index in [0.29, 0.717) is 20.6 Å². The van der Waals surface area contributed by atoms with Crippen molar-refractivity contribution in [1.82, 2.24) is 0 Å². The number of para-hydroxylation sites is 1. The van der Waals surface area contributed by atoms with Crippen LogP contribution in [0.15, 0.2) is 45.3 Å². The average molecular weight is 342 g/mol. The predicted molar refractivity (Wildman–Crippen MR) is 76.7 cm³/mol. The smallest absolute Gasteiger partial charge is 0.238 e. The van der Waals surface area contributed by atoms with Crippen LogP contribution in [0.3, 0.4) is 0 Å². The lowest BCUT2D eigenvalue weighted by molar-refractivity contribution is 0.101. The Bertz CT molecular complexity index is 744. The fourth-order valence-corrected chi connectivity index (χ4v) is 3.15. The summed E-state index contributed by atoms with van der Waals surface area (Å²) in [7, 11) is 0. The highest BCUT2D eigenvalue weighted by Gasteiger charge is 2.17. The second-order valence-electron chi connectivity index (χ2n) is 3.70. The molecule has 1 aromatic carbocycles. The first-order chi connectivity index (χ1) is 8.65. The molecule has 0 bridgehead atoms. The van der Waals surface area contributed by atoms with Gasteiger partial charge in [0, 0.05) is 5.39 Å². The average Bonchev–Trinajstić information content (AvgIpc) is 2.95. The van der Waals surface area contributed by atoms with E-state index in [1.165, 1.54) is 11.3 Å². The number of rotatable bonds is 2. The van der Waals surface area contributed by atoms with Gasteiger partial charge in [-0.25, -0.2) is 0 Å². The summed E-state index contributed by atoms with van der Waals surface area (Å²) < 4.78 is 7.02. The summed E-state index contributed by atoms with van der Waals surface area (Å²) in [6, 6.07) is 10.8. The number of thiophene rings is 1. The van der Waals surface area contributed by atoms with E-state index in [0.717, 1.165) is 9.86 Å². The SMILES string of the molecule is O=C(c1cc2cccc(Br)c2o1)c1ccc(Cl)s1. The zero-order chi connectivity index (χ0) is 12.7. The molecular formula is C13H6BrClO2S. The molecule has 2 aromatic heterocycles. The van der Waals surface area contributed by atoms with Crippen LogP contribution in [0.1, 0.15) is 15.4 Å². The van der Waals surface area contributed by atoms with Gasteiger partial charge < -0.3 is 4.42 Å². The first-order valence-corrected chi connectivity index (χ1v) is 7.12. The molecule has 0 saturated heterocycles. The molecule has 0 saturated carbocycles. The van der Waals surface area contributed by atoms with Crippen molar-refractivity contribution in [2.75, 3.05) is 0 Å². The number of carbonyl (C=O) groups is 1. The van der Waals surface area contributed by atoms with Gasteiger partial charge >= 0.3 is 0 Å². The summed E-state index contributed by atoms with van der Waals surface area (Å²) in [5, 5.41) is 0.898. The van der Waals surface area contributed by atoms with Crippen LogP contribution < -0.4 is 0 Å². The molecule has 3 rings (SSSR count). The number of halogens is 2. The Labute approximate surface area is 120 Å². The number of hydrogen-bond acceptors (Lipinski definition) is 3. The predicted octanol–water partition coefficient (Wildman–Crippen LogP) is 5.14. The summed E-state index contributed by atoms with van der Waals surface area (Å²) in [5.74, 6) is 0.186. The lowest BCUT2D eigenvalue weighted by Gasteiger charge is -1.92. The molecule has 0 radical (unpaired) electrons. The topological polar surface area (TPSA) is 30.2 Å². The van der Waals surface area contributed by atoms with Gasteiger partial charge in [0.1, 0.15) is 5.58 Å². The van der Waals surface area contributed by atoms with Gasteiger partial charge in [-0.05, 0) is 40.2 Å². The highest BCUT2D eigenvalue weighted by Crippen LogP contribution is 2.30. The van der Waals surface area contributed by atoms with E-state index in [4.69, 9.17) is 16.0 Å². The number of benzene rings is 1. The van der Waals surface area contributed by atoms with E-state index < -0.39 is 0 Å². The third-order valence-electron chi connectivity index (χ3n) is 2.52. The molecule has 0 fully saturated rings. The number of fused-ring (bicyclic) bond motifs is 1. The fourth-order valence-electron chi connectivity index (χ4n) is 1.70. The third kappa shape index (κ3) is 2.00. The van der Waals surface area contributed by atoms with Crippen molar-refractivity contribution < 1.29 is 9.21 Å². The summed E-state index contributed by atoms with van der Waals surface area (Å²) in [5.41, 5.74) is 0.684. The Hall–Kier alpha value is -1.10. The van der Waals surface area contributed by atoms with Crippen molar-refractivity contribution in [3.05, 3.63) is 55.8 Å². The van der Waals surface area contributed by atoms with Crippen molar-refractivity contribution in [2.45, 2.75) is 0 Å². The maximum absolute atomic E-state index is 12.2. The summed E-state index contributed by atoms with van der Waals surface area (Å²) >= 11 is 10.5. The summed E-state index contributed by atoms with van der Waals surface area (Å²) in [4.78, 5) is 12.8. The molecule has 5 heteroatoms.